The van der Waals surface area contributed by atoms with E-state index < -0.39 is 0 Å². The topological polar surface area (TPSA) is 24.8 Å². The summed E-state index contributed by atoms with van der Waals surface area (Å²) < 4.78 is 0. The predicted molar refractivity (Wildman–Crippen MR) is 94.4 cm³/mol. The van der Waals surface area contributed by atoms with Gasteiger partial charge in [-0.15, -0.1) is 0 Å². The Morgan fingerprint density at radius 3 is 2.48 bits per heavy atom. The third kappa shape index (κ3) is 4.11. The molecular weight excluding hydrogens is 284 g/mol. The smallest absolute Gasteiger partial charge is 0.223 e. The molecule has 0 unspecified atom stereocenters. The van der Waals surface area contributed by atoms with Gasteiger partial charge < -0.3 is 9.80 Å². The fourth-order valence-electron chi connectivity index (χ4n) is 3.36. The van der Waals surface area contributed by atoms with Crippen molar-refractivity contribution in [2.75, 3.05) is 26.2 Å². The first kappa shape index (κ1) is 16.0. The summed E-state index contributed by atoms with van der Waals surface area (Å²) in [7, 11) is 0. The molecule has 0 bridgehead atoms. The van der Waals surface area contributed by atoms with E-state index >= 15 is 0 Å². The van der Waals surface area contributed by atoms with Gasteiger partial charge in [0.25, 0.3) is 0 Å². The van der Waals surface area contributed by atoms with Crippen molar-refractivity contribution in [3.05, 3.63) is 48.0 Å². The standard InChI is InChI=1S/C20H26N2O/c1-16(2)13-20(23)22-11-9-21(10-12-22)15-17-7-8-18-5-3-4-6-19(18)14-17/h3-8,14,16H,9-13,15H2,1-2H3/p+1. The lowest BCUT2D eigenvalue weighted by Gasteiger charge is -2.32. The fraction of sp³-hybridized carbons (Fsp3) is 0.450. The van der Waals surface area contributed by atoms with E-state index in [1.165, 1.54) is 16.3 Å². The molecule has 0 spiro atoms. The molecule has 1 fully saturated rings. The highest BCUT2D eigenvalue weighted by Crippen LogP contribution is 2.15. The van der Waals surface area contributed by atoms with Crippen LogP contribution in [0.4, 0.5) is 0 Å². The summed E-state index contributed by atoms with van der Waals surface area (Å²) in [5.41, 5.74) is 1.39. The molecule has 1 heterocycles. The van der Waals surface area contributed by atoms with Crippen molar-refractivity contribution in [2.45, 2.75) is 26.8 Å². The van der Waals surface area contributed by atoms with E-state index in [9.17, 15) is 4.79 Å². The summed E-state index contributed by atoms with van der Waals surface area (Å²) in [5, 5.41) is 2.62. The predicted octanol–water partition coefficient (Wildman–Crippen LogP) is 2.11. The molecule has 0 aromatic heterocycles. The Morgan fingerprint density at radius 2 is 1.78 bits per heavy atom. The minimum absolute atomic E-state index is 0.324. The second kappa shape index (κ2) is 7.14. The first-order valence-corrected chi connectivity index (χ1v) is 8.71. The van der Waals surface area contributed by atoms with Gasteiger partial charge >= 0.3 is 0 Å². The van der Waals surface area contributed by atoms with Crippen molar-refractivity contribution in [1.82, 2.24) is 4.90 Å². The molecule has 1 N–H and O–H groups in total. The molecule has 3 nitrogen and oxygen atoms in total. The van der Waals surface area contributed by atoms with Crippen molar-refractivity contribution >= 4 is 16.7 Å². The monoisotopic (exact) mass is 311 g/mol. The van der Waals surface area contributed by atoms with Crippen LogP contribution < -0.4 is 4.90 Å². The Bertz CT molecular complexity index is 672. The minimum atomic E-state index is 0.324. The van der Waals surface area contributed by atoms with Crippen LogP contribution in [0.15, 0.2) is 42.5 Å². The maximum atomic E-state index is 12.1. The van der Waals surface area contributed by atoms with Crippen LogP contribution in [0.2, 0.25) is 0 Å². The van der Waals surface area contributed by atoms with Crippen LogP contribution in [0.1, 0.15) is 25.8 Å². The fourth-order valence-corrected chi connectivity index (χ4v) is 3.36. The second-order valence-corrected chi connectivity index (χ2v) is 7.09. The SMILES string of the molecule is CC(C)CC(=O)N1CC[NH+](Cc2ccc3ccccc3c2)CC1. The molecule has 0 radical (unpaired) electrons. The van der Waals surface area contributed by atoms with Crippen LogP contribution in [0, 0.1) is 5.92 Å². The Morgan fingerprint density at radius 1 is 1.09 bits per heavy atom. The van der Waals surface area contributed by atoms with Gasteiger partial charge in [-0.05, 0) is 22.8 Å². The summed E-state index contributed by atoms with van der Waals surface area (Å²) in [5.74, 6) is 0.773. The molecule has 0 saturated carbocycles. The molecule has 0 aliphatic carbocycles. The van der Waals surface area contributed by atoms with E-state index in [-0.39, 0.29) is 0 Å². The van der Waals surface area contributed by atoms with Crippen molar-refractivity contribution in [2.24, 2.45) is 5.92 Å². The maximum Gasteiger partial charge on any atom is 0.223 e. The van der Waals surface area contributed by atoms with E-state index in [1.54, 1.807) is 4.90 Å². The summed E-state index contributed by atoms with van der Waals surface area (Å²) in [6.07, 6.45) is 0.681. The number of carbonyl (C=O) groups is 1. The van der Waals surface area contributed by atoms with Gasteiger partial charge in [0, 0.05) is 12.0 Å². The Labute approximate surface area is 138 Å². The normalized spacial score (nSPS) is 16.2. The highest BCUT2D eigenvalue weighted by atomic mass is 16.2. The van der Waals surface area contributed by atoms with Crippen LogP contribution in [0.3, 0.4) is 0 Å². The number of carbonyl (C=O) groups excluding carboxylic acids is 1. The Kier molecular flexibility index (Phi) is 4.97. The molecule has 3 rings (SSSR count). The Balaban J connectivity index is 1.56. The lowest BCUT2D eigenvalue weighted by molar-refractivity contribution is -0.917. The van der Waals surface area contributed by atoms with Crippen molar-refractivity contribution in [1.29, 1.82) is 0 Å². The lowest BCUT2D eigenvalue weighted by Crippen LogP contribution is -3.13. The average molecular weight is 311 g/mol. The molecule has 1 saturated heterocycles. The molecule has 23 heavy (non-hydrogen) atoms. The van der Waals surface area contributed by atoms with Gasteiger partial charge in [0.05, 0.1) is 26.2 Å². The van der Waals surface area contributed by atoms with Crippen molar-refractivity contribution in [3.8, 4) is 0 Å². The van der Waals surface area contributed by atoms with Crippen LogP contribution >= 0.6 is 0 Å². The van der Waals surface area contributed by atoms with Crippen LogP contribution in [0.25, 0.3) is 10.8 Å². The van der Waals surface area contributed by atoms with Crippen molar-refractivity contribution in [3.63, 3.8) is 0 Å². The Hall–Kier alpha value is -1.87. The number of fused-ring (bicyclic) bond motifs is 1. The third-order valence-electron chi connectivity index (χ3n) is 4.67. The van der Waals surface area contributed by atoms with E-state index in [0.29, 0.717) is 18.2 Å². The summed E-state index contributed by atoms with van der Waals surface area (Å²) in [6.45, 7) is 9.17. The van der Waals surface area contributed by atoms with Gasteiger partial charge in [-0.25, -0.2) is 0 Å². The van der Waals surface area contributed by atoms with Crippen LogP contribution in [-0.2, 0) is 11.3 Å². The number of rotatable bonds is 4. The lowest BCUT2D eigenvalue weighted by atomic mass is 10.1. The zero-order valence-corrected chi connectivity index (χ0v) is 14.2. The molecule has 2 aromatic carbocycles. The number of hydrogen-bond donors (Lipinski definition) is 1. The van der Waals surface area contributed by atoms with E-state index in [4.69, 9.17) is 0 Å². The minimum Gasteiger partial charge on any atom is -0.331 e. The zero-order valence-electron chi connectivity index (χ0n) is 14.2. The van der Waals surface area contributed by atoms with E-state index in [1.807, 2.05) is 4.90 Å². The highest BCUT2D eigenvalue weighted by Gasteiger charge is 2.23. The first-order valence-electron chi connectivity index (χ1n) is 8.71. The van der Waals surface area contributed by atoms with E-state index in [0.717, 1.165) is 32.7 Å². The number of nitrogens with one attached hydrogen (secondary N) is 1. The number of hydrogen-bond acceptors (Lipinski definition) is 1. The molecule has 2 aromatic rings. The third-order valence-corrected chi connectivity index (χ3v) is 4.67. The van der Waals surface area contributed by atoms with Crippen LogP contribution in [-0.4, -0.2) is 37.0 Å². The molecule has 1 amide bonds. The maximum absolute atomic E-state index is 12.1. The number of nitrogens with zero attached hydrogens (tertiary/aromatic N) is 1. The molecule has 3 heteroatoms. The van der Waals surface area contributed by atoms with Gasteiger partial charge in [-0.1, -0.05) is 50.2 Å². The molecule has 122 valence electrons. The van der Waals surface area contributed by atoms with Gasteiger partial charge in [0.15, 0.2) is 0 Å². The number of benzene rings is 2. The number of amides is 1. The average Bonchev–Trinajstić information content (AvgIpc) is 2.55. The van der Waals surface area contributed by atoms with E-state index in [2.05, 4.69) is 56.3 Å². The number of piperazine rings is 1. The summed E-state index contributed by atoms with van der Waals surface area (Å²) >= 11 is 0. The molecule has 1 aliphatic rings. The zero-order chi connectivity index (χ0) is 16.2. The second-order valence-electron chi connectivity index (χ2n) is 7.09. The summed E-state index contributed by atoms with van der Waals surface area (Å²) in [6, 6.07) is 15.3. The van der Waals surface area contributed by atoms with Gasteiger partial charge in [-0.3, -0.25) is 4.79 Å². The first-order chi connectivity index (χ1) is 11.1. The van der Waals surface area contributed by atoms with Crippen molar-refractivity contribution < 1.29 is 9.69 Å². The molecular formula is C20H27N2O+. The van der Waals surface area contributed by atoms with Gasteiger partial charge in [-0.2, -0.15) is 0 Å². The highest BCUT2D eigenvalue weighted by molar-refractivity contribution is 5.82. The van der Waals surface area contributed by atoms with Gasteiger partial charge in [0.1, 0.15) is 6.54 Å². The molecule has 0 atom stereocenters. The molecule has 1 aliphatic heterocycles. The number of quaternary nitrogens is 1. The quantitative estimate of drug-likeness (QED) is 0.919. The summed E-state index contributed by atoms with van der Waals surface area (Å²) in [4.78, 5) is 15.8. The largest absolute Gasteiger partial charge is 0.331 e. The van der Waals surface area contributed by atoms with Gasteiger partial charge in [0.2, 0.25) is 5.91 Å². The van der Waals surface area contributed by atoms with Crippen LogP contribution in [0.5, 0.6) is 0 Å².